The van der Waals surface area contributed by atoms with E-state index in [2.05, 4.69) is 5.32 Å². The van der Waals surface area contributed by atoms with Gasteiger partial charge < -0.3 is 14.8 Å². The molecule has 22 heavy (non-hydrogen) atoms. The van der Waals surface area contributed by atoms with Gasteiger partial charge in [-0.05, 0) is 24.3 Å². The van der Waals surface area contributed by atoms with E-state index in [4.69, 9.17) is 9.47 Å². The summed E-state index contributed by atoms with van der Waals surface area (Å²) in [6.45, 7) is 1.10. The largest absolute Gasteiger partial charge is 0.490 e. The van der Waals surface area contributed by atoms with E-state index in [-0.39, 0.29) is 5.56 Å². The van der Waals surface area contributed by atoms with E-state index < -0.39 is 17.5 Å². The molecule has 0 bridgehead atoms. The Balaban J connectivity index is 1.80. The molecule has 0 saturated carbocycles. The summed E-state index contributed by atoms with van der Waals surface area (Å²) in [5, 5.41) is 2.58. The molecule has 1 aliphatic heterocycles. The first-order valence-electron chi connectivity index (χ1n) is 6.79. The van der Waals surface area contributed by atoms with Crippen molar-refractivity contribution in [1.29, 1.82) is 0 Å². The van der Waals surface area contributed by atoms with Crippen LogP contribution in [0.1, 0.15) is 16.8 Å². The smallest absolute Gasteiger partial charge is 0.255 e. The molecule has 0 aliphatic carbocycles. The lowest BCUT2D eigenvalue weighted by molar-refractivity contribution is 0.102. The number of anilines is 1. The van der Waals surface area contributed by atoms with Crippen molar-refractivity contribution in [3.63, 3.8) is 0 Å². The van der Waals surface area contributed by atoms with Gasteiger partial charge in [-0.25, -0.2) is 8.78 Å². The normalized spacial score (nSPS) is 13.4. The highest BCUT2D eigenvalue weighted by Crippen LogP contribution is 2.32. The zero-order chi connectivity index (χ0) is 15.5. The monoisotopic (exact) mass is 305 g/mol. The maximum Gasteiger partial charge on any atom is 0.255 e. The molecule has 0 saturated heterocycles. The van der Waals surface area contributed by atoms with E-state index in [1.54, 1.807) is 18.2 Å². The number of carbonyl (C=O) groups is 1. The Labute approximate surface area is 125 Å². The van der Waals surface area contributed by atoms with Crippen molar-refractivity contribution in [1.82, 2.24) is 0 Å². The van der Waals surface area contributed by atoms with Gasteiger partial charge in [-0.3, -0.25) is 4.79 Å². The number of rotatable bonds is 2. The van der Waals surface area contributed by atoms with Crippen LogP contribution in [0.15, 0.2) is 36.4 Å². The molecule has 0 aromatic heterocycles. The van der Waals surface area contributed by atoms with Crippen LogP contribution < -0.4 is 14.8 Å². The standard InChI is InChI=1S/C16H13F2NO3/c17-11-6-10(7-12(18)8-11)16(20)19-13-2-3-14-15(9-13)22-5-1-4-21-14/h2-3,6-9H,1,4-5H2,(H,19,20). The van der Waals surface area contributed by atoms with Crippen molar-refractivity contribution in [2.24, 2.45) is 0 Å². The molecule has 0 fully saturated rings. The van der Waals surface area contributed by atoms with Crippen molar-refractivity contribution in [3.8, 4) is 11.5 Å². The maximum atomic E-state index is 13.1. The van der Waals surface area contributed by atoms with Gasteiger partial charge in [-0.2, -0.15) is 0 Å². The Bertz CT molecular complexity index is 698. The molecule has 1 N–H and O–H groups in total. The SMILES string of the molecule is O=C(Nc1ccc2c(c1)OCCCO2)c1cc(F)cc(F)c1. The number of carbonyl (C=O) groups excluding carboxylic acids is 1. The third-order valence-corrected chi connectivity index (χ3v) is 3.13. The van der Waals surface area contributed by atoms with Crippen LogP contribution in [0.4, 0.5) is 14.5 Å². The highest BCUT2D eigenvalue weighted by Gasteiger charge is 2.13. The molecule has 114 valence electrons. The second-order valence-electron chi connectivity index (χ2n) is 4.82. The van der Waals surface area contributed by atoms with E-state index in [1.165, 1.54) is 0 Å². The summed E-state index contributed by atoms with van der Waals surface area (Å²) in [5.41, 5.74) is 0.364. The van der Waals surface area contributed by atoms with Crippen LogP contribution >= 0.6 is 0 Å². The summed E-state index contributed by atoms with van der Waals surface area (Å²) >= 11 is 0. The second-order valence-corrected chi connectivity index (χ2v) is 4.82. The number of nitrogens with one attached hydrogen (secondary N) is 1. The van der Waals surface area contributed by atoms with Crippen LogP contribution in [0, 0.1) is 11.6 Å². The minimum absolute atomic E-state index is 0.0930. The molecular formula is C16H13F2NO3. The summed E-state index contributed by atoms with van der Waals surface area (Å²) in [7, 11) is 0. The van der Waals surface area contributed by atoms with Crippen LogP contribution in [0.25, 0.3) is 0 Å². The van der Waals surface area contributed by atoms with E-state index in [0.29, 0.717) is 36.5 Å². The number of ether oxygens (including phenoxy) is 2. The summed E-state index contributed by atoms with van der Waals surface area (Å²) in [6, 6.07) is 7.60. The van der Waals surface area contributed by atoms with Crippen LogP contribution in [0.3, 0.4) is 0 Å². The van der Waals surface area contributed by atoms with Crippen molar-refractivity contribution in [3.05, 3.63) is 53.6 Å². The lowest BCUT2D eigenvalue weighted by atomic mass is 10.2. The second kappa shape index (κ2) is 6.01. The van der Waals surface area contributed by atoms with Gasteiger partial charge in [0.25, 0.3) is 5.91 Å². The van der Waals surface area contributed by atoms with E-state index in [9.17, 15) is 13.6 Å². The van der Waals surface area contributed by atoms with Gasteiger partial charge in [0, 0.05) is 29.8 Å². The average molecular weight is 305 g/mol. The molecule has 1 aliphatic rings. The molecule has 0 atom stereocenters. The van der Waals surface area contributed by atoms with Crippen molar-refractivity contribution >= 4 is 11.6 Å². The number of hydrogen-bond donors (Lipinski definition) is 1. The fourth-order valence-electron chi connectivity index (χ4n) is 2.13. The molecule has 2 aromatic rings. The van der Waals surface area contributed by atoms with E-state index >= 15 is 0 Å². The fraction of sp³-hybridized carbons (Fsp3) is 0.188. The topological polar surface area (TPSA) is 47.6 Å². The van der Waals surface area contributed by atoms with Gasteiger partial charge in [0.2, 0.25) is 0 Å². The molecule has 1 amide bonds. The third-order valence-electron chi connectivity index (χ3n) is 3.13. The number of hydrogen-bond acceptors (Lipinski definition) is 3. The van der Waals surface area contributed by atoms with Gasteiger partial charge in [0.15, 0.2) is 11.5 Å². The molecule has 4 nitrogen and oxygen atoms in total. The van der Waals surface area contributed by atoms with Crippen molar-refractivity contribution in [2.75, 3.05) is 18.5 Å². The Morgan fingerprint density at radius 2 is 1.64 bits per heavy atom. The summed E-state index contributed by atoms with van der Waals surface area (Å²) in [6.07, 6.45) is 0.777. The van der Waals surface area contributed by atoms with Crippen molar-refractivity contribution < 1.29 is 23.0 Å². The summed E-state index contributed by atoms with van der Waals surface area (Å²) in [5.74, 6) is -1.08. The lowest BCUT2D eigenvalue weighted by Crippen LogP contribution is -2.12. The van der Waals surface area contributed by atoms with Gasteiger partial charge in [0.05, 0.1) is 13.2 Å². The Morgan fingerprint density at radius 1 is 0.955 bits per heavy atom. The Morgan fingerprint density at radius 3 is 2.36 bits per heavy atom. The van der Waals surface area contributed by atoms with Crippen LogP contribution in [-0.4, -0.2) is 19.1 Å². The van der Waals surface area contributed by atoms with Crippen LogP contribution in [0.2, 0.25) is 0 Å². The first-order valence-corrected chi connectivity index (χ1v) is 6.79. The molecule has 0 radical (unpaired) electrons. The third kappa shape index (κ3) is 3.16. The summed E-state index contributed by atoms with van der Waals surface area (Å²) in [4.78, 5) is 12.0. The highest BCUT2D eigenvalue weighted by molar-refractivity contribution is 6.04. The Kier molecular flexibility index (Phi) is 3.91. The van der Waals surface area contributed by atoms with E-state index in [0.717, 1.165) is 18.6 Å². The van der Waals surface area contributed by atoms with Gasteiger partial charge in [0.1, 0.15) is 11.6 Å². The molecule has 3 rings (SSSR count). The zero-order valence-electron chi connectivity index (χ0n) is 11.6. The summed E-state index contributed by atoms with van der Waals surface area (Å²) < 4.78 is 37.3. The number of halogens is 2. The number of benzene rings is 2. The molecule has 1 heterocycles. The predicted molar refractivity (Wildman–Crippen MR) is 76.4 cm³/mol. The first kappa shape index (κ1) is 14.3. The first-order chi connectivity index (χ1) is 10.6. The molecular weight excluding hydrogens is 292 g/mol. The minimum atomic E-state index is -0.802. The zero-order valence-corrected chi connectivity index (χ0v) is 11.6. The van der Waals surface area contributed by atoms with Gasteiger partial charge in [-0.1, -0.05) is 0 Å². The number of amides is 1. The molecule has 0 unspecified atom stereocenters. The molecule has 2 aromatic carbocycles. The molecule has 6 heteroatoms. The van der Waals surface area contributed by atoms with Gasteiger partial charge in [-0.15, -0.1) is 0 Å². The van der Waals surface area contributed by atoms with E-state index in [1.807, 2.05) is 0 Å². The Hall–Kier alpha value is -2.63. The molecule has 0 spiro atoms. The van der Waals surface area contributed by atoms with Crippen molar-refractivity contribution in [2.45, 2.75) is 6.42 Å². The maximum absolute atomic E-state index is 13.1. The lowest BCUT2D eigenvalue weighted by Gasteiger charge is -2.10. The quantitative estimate of drug-likeness (QED) is 0.925. The minimum Gasteiger partial charge on any atom is -0.490 e. The average Bonchev–Trinajstić information content (AvgIpc) is 2.71. The predicted octanol–water partition coefficient (Wildman–Crippen LogP) is 3.38. The van der Waals surface area contributed by atoms with Gasteiger partial charge >= 0.3 is 0 Å². The van der Waals surface area contributed by atoms with Crippen LogP contribution in [0.5, 0.6) is 11.5 Å². The van der Waals surface area contributed by atoms with Crippen LogP contribution in [-0.2, 0) is 0 Å². The highest BCUT2D eigenvalue weighted by atomic mass is 19.1. The number of fused-ring (bicyclic) bond motifs is 1. The fourth-order valence-corrected chi connectivity index (χ4v) is 2.13.